The Morgan fingerprint density at radius 2 is 1.84 bits per heavy atom. The second kappa shape index (κ2) is 10.2. The predicted octanol–water partition coefficient (Wildman–Crippen LogP) is 3.81. The molecule has 1 saturated carbocycles. The average molecular weight is 441 g/mol. The molecular weight excluding hydrogens is 411 g/mol. The first-order valence-corrected chi connectivity index (χ1v) is 11.2. The van der Waals surface area contributed by atoms with Gasteiger partial charge in [-0.3, -0.25) is 9.59 Å². The molecule has 2 aliphatic rings. The van der Waals surface area contributed by atoms with Gasteiger partial charge in [-0.2, -0.15) is 0 Å². The molecular formula is C25H29FN2O4. The van der Waals surface area contributed by atoms with Crippen LogP contribution < -0.4 is 5.32 Å². The van der Waals surface area contributed by atoms with E-state index in [-0.39, 0.29) is 37.5 Å². The van der Waals surface area contributed by atoms with Crippen molar-refractivity contribution in [1.29, 1.82) is 0 Å². The number of aliphatic hydroxyl groups excluding tert-OH is 1. The lowest BCUT2D eigenvalue weighted by Gasteiger charge is -2.38. The third-order valence-corrected chi connectivity index (χ3v) is 6.39. The molecule has 0 radical (unpaired) electrons. The molecule has 4 rings (SSSR count). The van der Waals surface area contributed by atoms with E-state index in [4.69, 9.17) is 4.74 Å². The number of aliphatic hydroxyl groups is 1. The van der Waals surface area contributed by atoms with Gasteiger partial charge in [0, 0.05) is 23.7 Å². The van der Waals surface area contributed by atoms with E-state index in [0.29, 0.717) is 16.8 Å². The summed E-state index contributed by atoms with van der Waals surface area (Å²) in [5.41, 5.74) is 1.67. The molecule has 0 aromatic heterocycles. The highest BCUT2D eigenvalue weighted by molar-refractivity contribution is 5.92. The number of carbonyl (C=O) groups excluding carboxylic acids is 2. The third kappa shape index (κ3) is 5.16. The van der Waals surface area contributed by atoms with E-state index in [2.05, 4.69) is 5.32 Å². The standard InChI is InChI=1S/C25H29FN2O4/c26-21-9-5-4-8-19(21)14-28-22(15-32-16-23(28)29)24(30)17-10-12-20(13-11-17)27-25(31)18-6-2-1-3-7-18/h4-5,8-13,18,22,24,30H,1-3,6-7,14-16H2,(H,27,31). The largest absolute Gasteiger partial charge is 0.386 e. The highest BCUT2D eigenvalue weighted by Gasteiger charge is 2.35. The topological polar surface area (TPSA) is 78.9 Å². The minimum absolute atomic E-state index is 0.0420. The molecule has 0 bridgehead atoms. The Bertz CT molecular complexity index is 943. The zero-order valence-corrected chi connectivity index (χ0v) is 18.0. The molecule has 2 aromatic carbocycles. The number of anilines is 1. The summed E-state index contributed by atoms with van der Waals surface area (Å²) in [6.07, 6.45) is 4.22. The van der Waals surface area contributed by atoms with Crippen LogP contribution in [0, 0.1) is 11.7 Å². The number of nitrogens with one attached hydrogen (secondary N) is 1. The number of halogens is 1. The molecule has 0 spiro atoms. The summed E-state index contributed by atoms with van der Waals surface area (Å²) in [5.74, 6) is -0.579. The van der Waals surface area contributed by atoms with Gasteiger partial charge in [-0.1, -0.05) is 49.6 Å². The lowest BCUT2D eigenvalue weighted by Crippen LogP contribution is -2.51. The summed E-state index contributed by atoms with van der Waals surface area (Å²) >= 11 is 0. The van der Waals surface area contributed by atoms with E-state index in [9.17, 15) is 19.1 Å². The van der Waals surface area contributed by atoms with E-state index in [1.807, 2.05) is 0 Å². The smallest absolute Gasteiger partial charge is 0.249 e. The van der Waals surface area contributed by atoms with Gasteiger partial charge in [-0.05, 0) is 36.6 Å². The van der Waals surface area contributed by atoms with Crippen LogP contribution in [0.3, 0.4) is 0 Å². The molecule has 32 heavy (non-hydrogen) atoms. The summed E-state index contributed by atoms with van der Waals surface area (Å²) in [4.78, 5) is 26.4. The Hall–Kier alpha value is -2.77. The summed E-state index contributed by atoms with van der Waals surface area (Å²) in [7, 11) is 0. The zero-order valence-electron chi connectivity index (χ0n) is 18.0. The number of rotatable bonds is 6. The number of hydrogen-bond acceptors (Lipinski definition) is 4. The minimum Gasteiger partial charge on any atom is -0.386 e. The lowest BCUT2D eigenvalue weighted by atomic mass is 9.88. The summed E-state index contributed by atoms with van der Waals surface area (Å²) in [6.45, 7) is 0.122. The van der Waals surface area contributed by atoms with Crippen LogP contribution in [0.2, 0.25) is 0 Å². The second-order valence-electron chi connectivity index (χ2n) is 8.59. The highest BCUT2D eigenvalue weighted by atomic mass is 19.1. The van der Waals surface area contributed by atoms with Gasteiger partial charge >= 0.3 is 0 Å². The van der Waals surface area contributed by atoms with Crippen LogP contribution in [0.1, 0.15) is 49.3 Å². The minimum atomic E-state index is -1.01. The summed E-state index contributed by atoms with van der Waals surface area (Å²) in [5, 5.41) is 14.0. The van der Waals surface area contributed by atoms with E-state index in [1.54, 1.807) is 42.5 Å². The molecule has 2 aromatic rings. The molecule has 170 valence electrons. The van der Waals surface area contributed by atoms with E-state index in [0.717, 1.165) is 25.7 Å². The molecule has 1 aliphatic carbocycles. The summed E-state index contributed by atoms with van der Waals surface area (Å²) < 4.78 is 19.5. The van der Waals surface area contributed by atoms with Crippen LogP contribution in [-0.2, 0) is 20.9 Å². The van der Waals surface area contributed by atoms with Gasteiger partial charge < -0.3 is 20.1 Å². The Morgan fingerprint density at radius 3 is 2.56 bits per heavy atom. The van der Waals surface area contributed by atoms with E-state index < -0.39 is 18.0 Å². The summed E-state index contributed by atoms with van der Waals surface area (Å²) in [6, 6.07) is 12.6. The van der Waals surface area contributed by atoms with Crippen molar-refractivity contribution in [2.45, 2.75) is 50.8 Å². The van der Waals surface area contributed by atoms with Crippen LogP contribution in [-0.4, -0.2) is 41.1 Å². The number of ether oxygens (including phenoxy) is 1. The van der Waals surface area contributed by atoms with Crippen molar-refractivity contribution in [1.82, 2.24) is 4.90 Å². The van der Waals surface area contributed by atoms with Crippen molar-refractivity contribution in [3.05, 3.63) is 65.5 Å². The van der Waals surface area contributed by atoms with Crippen molar-refractivity contribution in [2.75, 3.05) is 18.5 Å². The van der Waals surface area contributed by atoms with E-state index in [1.165, 1.54) is 17.4 Å². The van der Waals surface area contributed by atoms with Crippen molar-refractivity contribution < 1.29 is 23.8 Å². The Labute approximate surface area is 187 Å². The number of hydrogen-bond donors (Lipinski definition) is 2. The number of amides is 2. The quantitative estimate of drug-likeness (QED) is 0.716. The Morgan fingerprint density at radius 1 is 1.12 bits per heavy atom. The number of carbonyl (C=O) groups is 2. The van der Waals surface area contributed by atoms with Crippen molar-refractivity contribution in [3.8, 4) is 0 Å². The van der Waals surface area contributed by atoms with Crippen LogP contribution in [0.15, 0.2) is 48.5 Å². The lowest BCUT2D eigenvalue weighted by molar-refractivity contribution is -0.155. The van der Waals surface area contributed by atoms with Crippen LogP contribution in [0.25, 0.3) is 0 Å². The monoisotopic (exact) mass is 440 g/mol. The fourth-order valence-corrected chi connectivity index (χ4v) is 4.50. The first-order valence-electron chi connectivity index (χ1n) is 11.2. The van der Waals surface area contributed by atoms with Crippen molar-refractivity contribution >= 4 is 17.5 Å². The van der Waals surface area contributed by atoms with Gasteiger partial charge in [0.05, 0.1) is 12.6 Å². The zero-order chi connectivity index (χ0) is 22.5. The molecule has 7 heteroatoms. The van der Waals surface area contributed by atoms with E-state index >= 15 is 0 Å². The van der Waals surface area contributed by atoms with Crippen LogP contribution in [0.4, 0.5) is 10.1 Å². The third-order valence-electron chi connectivity index (χ3n) is 6.39. The SMILES string of the molecule is O=C(Nc1ccc(C(O)C2COCC(=O)N2Cc2ccccc2F)cc1)C1CCCCC1. The molecule has 2 amide bonds. The first kappa shape index (κ1) is 22.4. The molecule has 2 fully saturated rings. The maximum atomic E-state index is 14.1. The van der Waals surface area contributed by atoms with Gasteiger partial charge in [0.25, 0.3) is 0 Å². The van der Waals surface area contributed by atoms with Gasteiger partial charge in [-0.15, -0.1) is 0 Å². The highest BCUT2D eigenvalue weighted by Crippen LogP contribution is 2.28. The van der Waals surface area contributed by atoms with Crippen molar-refractivity contribution in [2.24, 2.45) is 5.92 Å². The van der Waals surface area contributed by atoms with Crippen molar-refractivity contribution in [3.63, 3.8) is 0 Å². The van der Waals surface area contributed by atoms with Gasteiger partial charge in [-0.25, -0.2) is 4.39 Å². The first-order chi connectivity index (χ1) is 15.5. The predicted molar refractivity (Wildman–Crippen MR) is 118 cm³/mol. The number of nitrogens with zero attached hydrogens (tertiary/aromatic N) is 1. The van der Waals surface area contributed by atoms with Crippen LogP contribution >= 0.6 is 0 Å². The molecule has 1 aliphatic heterocycles. The average Bonchev–Trinajstić information content (AvgIpc) is 2.82. The van der Waals surface area contributed by atoms with Crippen LogP contribution in [0.5, 0.6) is 0 Å². The molecule has 2 unspecified atom stereocenters. The Balaban J connectivity index is 1.44. The molecule has 1 heterocycles. The fraction of sp³-hybridized carbons (Fsp3) is 0.440. The number of benzene rings is 2. The fourth-order valence-electron chi connectivity index (χ4n) is 4.50. The second-order valence-corrected chi connectivity index (χ2v) is 8.59. The van der Waals surface area contributed by atoms with Gasteiger partial charge in [0.2, 0.25) is 11.8 Å². The molecule has 1 saturated heterocycles. The Kier molecular flexibility index (Phi) is 7.17. The molecule has 2 N–H and O–H groups in total. The normalized spacial score (nSPS) is 20.8. The number of morpholine rings is 1. The maximum Gasteiger partial charge on any atom is 0.249 e. The maximum absolute atomic E-state index is 14.1. The van der Waals surface area contributed by atoms with Gasteiger partial charge in [0.15, 0.2) is 0 Å². The van der Waals surface area contributed by atoms with Gasteiger partial charge in [0.1, 0.15) is 18.5 Å². The molecule has 6 nitrogen and oxygen atoms in total. The molecule has 2 atom stereocenters.